The smallest absolute Gasteiger partial charge is 0.240 e. The van der Waals surface area contributed by atoms with Gasteiger partial charge in [0.1, 0.15) is 16.9 Å². The number of hydrogen-bond acceptors (Lipinski definition) is 6. The first-order chi connectivity index (χ1) is 17.4. The highest BCUT2D eigenvalue weighted by molar-refractivity contribution is 6.12. The second kappa shape index (κ2) is 9.22. The van der Waals surface area contributed by atoms with Gasteiger partial charge in [-0.05, 0) is 48.7 Å². The molecule has 1 heterocycles. The number of carbonyl (C=O) groups is 2. The number of primary amides is 1. The number of para-hydroxylation sites is 1. The molecule has 0 bridgehead atoms. The van der Waals surface area contributed by atoms with E-state index in [0.717, 1.165) is 16.5 Å². The van der Waals surface area contributed by atoms with E-state index >= 15 is 0 Å². The van der Waals surface area contributed by atoms with Gasteiger partial charge >= 0.3 is 0 Å². The van der Waals surface area contributed by atoms with Gasteiger partial charge in [-0.2, -0.15) is 0 Å². The van der Waals surface area contributed by atoms with Crippen LogP contribution in [-0.4, -0.2) is 31.0 Å². The second-order valence-corrected chi connectivity index (χ2v) is 8.61. The predicted octanol–water partition coefficient (Wildman–Crippen LogP) is 4.92. The minimum absolute atomic E-state index is 0.358. The molecule has 4 aromatic rings. The van der Waals surface area contributed by atoms with Crippen LogP contribution in [0.1, 0.15) is 12.8 Å². The number of pyridine rings is 1. The van der Waals surface area contributed by atoms with E-state index in [4.69, 9.17) is 19.9 Å². The zero-order chi connectivity index (χ0) is 25.3. The summed E-state index contributed by atoms with van der Waals surface area (Å²) in [5.41, 5.74) is 7.41. The Balaban J connectivity index is 1.43. The number of nitrogens with zero attached hydrogens (tertiary/aromatic N) is 1. The highest BCUT2D eigenvalue weighted by Gasteiger charge is 2.55. The SMILES string of the molecule is COc1cc2nccc(Oc3ccccc3-c3ccc(NC(=O)C4(C(N)=O)CC4)cc3)c2cc1OC. The van der Waals surface area contributed by atoms with Gasteiger partial charge in [0, 0.05) is 28.9 Å². The topological polar surface area (TPSA) is 113 Å². The predicted molar refractivity (Wildman–Crippen MR) is 136 cm³/mol. The monoisotopic (exact) mass is 483 g/mol. The zero-order valence-corrected chi connectivity index (χ0v) is 19.9. The molecule has 0 aliphatic heterocycles. The molecule has 36 heavy (non-hydrogen) atoms. The Kier molecular flexibility index (Phi) is 5.93. The Morgan fingerprint density at radius 3 is 2.25 bits per heavy atom. The fourth-order valence-electron chi connectivity index (χ4n) is 4.14. The van der Waals surface area contributed by atoms with E-state index in [1.807, 2.05) is 48.5 Å². The van der Waals surface area contributed by atoms with E-state index in [-0.39, 0.29) is 5.91 Å². The maximum absolute atomic E-state index is 12.5. The van der Waals surface area contributed by atoms with Crippen molar-refractivity contribution in [3.63, 3.8) is 0 Å². The average molecular weight is 484 g/mol. The number of rotatable bonds is 8. The van der Waals surface area contributed by atoms with Crippen molar-refractivity contribution in [1.29, 1.82) is 0 Å². The van der Waals surface area contributed by atoms with Gasteiger partial charge in [0.15, 0.2) is 11.5 Å². The molecule has 0 atom stereocenters. The normalized spacial score (nSPS) is 13.6. The van der Waals surface area contributed by atoms with E-state index in [9.17, 15) is 9.59 Å². The lowest BCUT2D eigenvalue weighted by Gasteiger charge is -2.15. The molecule has 1 aromatic heterocycles. The number of nitrogens with one attached hydrogen (secondary N) is 1. The van der Waals surface area contributed by atoms with E-state index in [1.54, 1.807) is 38.6 Å². The van der Waals surface area contributed by atoms with Crippen LogP contribution >= 0.6 is 0 Å². The van der Waals surface area contributed by atoms with Crippen molar-refractivity contribution >= 4 is 28.4 Å². The third-order valence-corrected chi connectivity index (χ3v) is 6.42. The fraction of sp³-hybridized carbons (Fsp3) is 0.179. The molecule has 3 aromatic carbocycles. The first kappa shape index (κ1) is 23.2. The first-order valence-electron chi connectivity index (χ1n) is 11.4. The minimum Gasteiger partial charge on any atom is -0.493 e. The molecule has 1 saturated carbocycles. The lowest BCUT2D eigenvalue weighted by atomic mass is 10.0. The van der Waals surface area contributed by atoms with Crippen LogP contribution in [0.2, 0.25) is 0 Å². The molecule has 0 radical (unpaired) electrons. The average Bonchev–Trinajstić information content (AvgIpc) is 3.72. The summed E-state index contributed by atoms with van der Waals surface area (Å²) in [6.45, 7) is 0. The molecule has 3 N–H and O–H groups in total. The molecular formula is C28H25N3O5. The molecule has 8 heteroatoms. The zero-order valence-electron chi connectivity index (χ0n) is 19.9. The van der Waals surface area contributed by atoms with E-state index < -0.39 is 11.3 Å². The first-order valence-corrected chi connectivity index (χ1v) is 11.4. The Morgan fingerprint density at radius 1 is 0.889 bits per heavy atom. The molecular weight excluding hydrogens is 458 g/mol. The van der Waals surface area contributed by atoms with Crippen molar-refractivity contribution in [2.75, 3.05) is 19.5 Å². The summed E-state index contributed by atoms with van der Waals surface area (Å²) in [5, 5.41) is 3.58. The summed E-state index contributed by atoms with van der Waals surface area (Å²) < 4.78 is 17.2. The third kappa shape index (κ3) is 4.17. The second-order valence-electron chi connectivity index (χ2n) is 8.61. The number of nitrogens with two attached hydrogens (primary N) is 1. The molecule has 8 nitrogen and oxygen atoms in total. The summed E-state index contributed by atoms with van der Waals surface area (Å²) in [4.78, 5) is 28.5. The number of amides is 2. The molecule has 2 amide bonds. The molecule has 0 saturated heterocycles. The summed E-state index contributed by atoms with van der Waals surface area (Å²) in [5.74, 6) is 1.51. The third-order valence-electron chi connectivity index (χ3n) is 6.42. The molecule has 1 aliphatic rings. The highest BCUT2D eigenvalue weighted by atomic mass is 16.5. The molecule has 0 spiro atoms. The van der Waals surface area contributed by atoms with Gasteiger partial charge in [0.25, 0.3) is 0 Å². The number of aromatic nitrogens is 1. The number of hydrogen-bond donors (Lipinski definition) is 2. The van der Waals surface area contributed by atoms with Crippen LogP contribution in [0, 0.1) is 5.41 Å². The van der Waals surface area contributed by atoms with E-state index in [0.29, 0.717) is 47.0 Å². The number of carbonyl (C=O) groups excluding carboxylic acids is 2. The van der Waals surface area contributed by atoms with Crippen LogP contribution in [0.3, 0.4) is 0 Å². The highest BCUT2D eigenvalue weighted by Crippen LogP contribution is 2.46. The number of methoxy groups -OCH3 is 2. The van der Waals surface area contributed by atoms with Gasteiger partial charge in [0.2, 0.25) is 11.8 Å². The number of benzene rings is 3. The Hall–Kier alpha value is -4.59. The van der Waals surface area contributed by atoms with Crippen molar-refractivity contribution in [3.8, 4) is 34.1 Å². The molecule has 1 aliphatic carbocycles. The molecule has 1 fully saturated rings. The minimum atomic E-state index is -1.07. The largest absolute Gasteiger partial charge is 0.493 e. The van der Waals surface area contributed by atoms with E-state index in [1.165, 1.54) is 0 Å². The van der Waals surface area contributed by atoms with Crippen LogP contribution in [0.5, 0.6) is 23.0 Å². The summed E-state index contributed by atoms with van der Waals surface area (Å²) in [6.07, 6.45) is 2.65. The Morgan fingerprint density at radius 2 is 1.58 bits per heavy atom. The van der Waals surface area contributed by atoms with Crippen molar-refractivity contribution in [2.24, 2.45) is 11.1 Å². The summed E-state index contributed by atoms with van der Waals surface area (Å²) >= 11 is 0. The van der Waals surface area contributed by atoms with Crippen LogP contribution in [0.15, 0.2) is 72.9 Å². The van der Waals surface area contributed by atoms with Crippen molar-refractivity contribution in [1.82, 2.24) is 4.98 Å². The standard InChI is InChI=1S/C28H25N3O5/c1-34-24-15-20-21(16-25(24)35-2)30-14-11-23(20)36-22-6-4-3-5-19(22)17-7-9-18(10-8-17)31-27(33)28(12-13-28)26(29)32/h3-11,14-16H,12-13H2,1-2H3,(H2,29,32)(H,31,33). The van der Waals surface area contributed by atoms with E-state index in [2.05, 4.69) is 10.3 Å². The molecule has 5 rings (SSSR count). The number of fused-ring (bicyclic) bond motifs is 1. The van der Waals surface area contributed by atoms with Crippen molar-refractivity contribution < 1.29 is 23.8 Å². The van der Waals surface area contributed by atoms with Crippen molar-refractivity contribution in [3.05, 3.63) is 72.9 Å². The lowest BCUT2D eigenvalue weighted by Crippen LogP contribution is -2.36. The Labute approximate surface area is 208 Å². The van der Waals surface area contributed by atoms with Gasteiger partial charge in [0.05, 0.1) is 19.7 Å². The van der Waals surface area contributed by atoms with Crippen LogP contribution < -0.4 is 25.3 Å². The summed E-state index contributed by atoms with van der Waals surface area (Å²) in [7, 11) is 3.17. The number of ether oxygens (including phenoxy) is 3. The van der Waals surface area contributed by atoms with Gasteiger partial charge in [-0.15, -0.1) is 0 Å². The lowest BCUT2D eigenvalue weighted by molar-refractivity contribution is -0.132. The van der Waals surface area contributed by atoms with Gasteiger partial charge in [-0.3, -0.25) is 14.6 Å². The van der Waals surface area contributed by atoms with Crippen molar-refractivity contribution in [2.45, 2.75) is 12.8 Å². The fourth-order valence-corrected chi connectivity index (χ4v) is 4.14. The summed E-state index contributed by atoms with van der Waals surface area (Å²) in [6, 6.07) is 20.5. The molecule has 182 valence electrons. The quantitative estimate of drug-likeness (QED) is 0.344. The van der Waals surface area contributed by atoms with Crippen LogP contribution in [0.25, 0.3) is 22.0 Å². The Bertz CT molecular complexity index is 1460. The van der Waals surface area contributed by atoms with Crippen LogP contribution in [-0.2, 0) is 9.59 Å². The maximum atomic E-state index is 12.5. The van der Waals surface area contributed by atoms with Gasteiger partial charge < -0.3 is 25.3 Å². The van der Waals surface area contributed by atoms with Gasteiger partial charge in [-0.1, -0.05) is 30.3 Å². The molecule has 0 unspecified atom stereocenters. The maximum Gasteiger partial charge on any atom is 0.240 e. The number of anilines is 1. The van der Waals surface area contributed by atoms with Crippen LogP contribution in [0.4, 0.5) is 5.69 Å². The van der Waals surface area contributed by atoms with Gasteiger partial charge in [-0.25, -0.2) is 0 Å².